The average Bonchev–Trinajstić information content (AvgIpc) is 2.61. The van der Waals surface area contributed by atoms with Gasteiger partial charge in [0.2, 0.25) is 0 Å². The molecule has 3 rings (SSSR count). The van der Waals surface area contributed by atoms with Crippen LogP contribution in [-0.2, 0) is 0 Å². The molecule has 2 aromatic rings. The van der Waals surface area contributed by atoms with Gasteiger partial charge in [-0.3, -0.25) is 0 Å². The number of benzene rings is 2. The zero-order chi connectivity index (χ0) is 15.0. The van der Waals surface area contributed by atoms with E-state index in [-0.39, 0.29) is 0 Å². The van der Waals surface area contributed by atoms with Crippen LogP contribution in [0.1, 0.15) is 11.1 Å². The molecular formula is C20H22N2. The maximum atomic E-state index is 2.39. The average molecular weight is 290 g/mol. The monoisotopic (exact) mass is 290 g/mol. The van der Waals surface area contributed by atoms with Crippen molar-refractivity contribution in [1.82, 2.24) is 9.80 Å². The van der Waals surface area contributed by atoms with Gasteiger partial charge in [-0.15, -0.1) is 0 Å². The lowest BCUT2D eigenvalue weighted by molar-refractivity contribution is 0.220. The molecule has 1 heterocycles. The van der Waals surface area contributed by atoms with Crippen LogP contribution in [0.2, 0.25) is 0 Å². The molecule has 1 fully saturated rings. The molecule has 0 aliphatic carbocycles. The quantitative estimate of drug-likeness (QED) is 0.841. The van der Waals surface area contributed by atoms with Gasteiger partial charge in [-0.25, -0.2) is 0 Å². The van der Waals surface area contributed by atoms with Gasteiger partial charge in [0.05, 0.1) is 0 Å². The number of nitrogens with zero attached hydrogens (tertiary/aromatic N) is 2. The van der Waals surface area contributed by atoms with Crippen molar-refractivity contribution in [2.45, 2.75) is 0 Å². The molecule has 2 nitrogen and oxygen atoms in total. The fraction of sp³-hybridized carbons (Fsp3) is 0.200. The lowest BCUT2D eigenvalue weighted by Gasteiger charge is -2.33. The highest BCUT2D eigenvalue weighted by Crippen LogP contribution is 2.08. The molecule has 0 saturated carbocycles. The van der Waals surface area contributed by atoms with Gasteiger partial charge >= 0.3 is 0 Å². The molecule has 0 radical (unpaired) electrons. The van der Waals surface area contributed by atoms with Crippen molar-refractivity contribution in [3.8, 4) is 0 Å². The summed E-state index contributed by atoms with van der Waals surface area (Å²) in [5.74, 6) is 0. The van der Waals surface area contributed by atoms with Crippen molar-refractivity contribution in [2.24, 2.45) is 0 Å². The van der Waals surface area contributed by atoms with Crippen LogP contribution in [0, 0.1) is 0 Å². The van der Waals surface area contributed by atoms with Crippen LogP contribution in [0.25, 0.3) is 12.2 Å². The lowest BCUT2D eigenvalue weighted by Crippen LogP contribution is -2.41. The molecule has 1 aliphatic heterocycles. The second-order valence-corrected chi connectivity index (χ2v) is 5.52. The van der Waals surface area contributed by atoms with Crippen LogP contribution in [0.3, 0.4) is 0 Å². The molecule has 0 aromatic heterocycles. The molecule has 0 bridgehead atoms. The first kappa shape index (κ1) is 14.5. The van der Waals surface area contributed by atoms with Crippen molar-refractivity contribution in [2.75, 3.05) is 26.2 Å². The largest absolute Gasteiger partial charge is 0.374 e. The van der Waals surface area contributed by atoms with Crippen LogP contribution in [-0.4, -0.2) is 36.0 Å². The van der Waals surface area contributed by atoms with Crippen LogP contribution in [0.4, 0.5) is 0 Å². The van der Waals surface area contributed by atoms with E-state index in [1.54, 1.807) is 0 Å². The van der Waals surface area contributed by atoms with E-state index in [1.807, 2.05) is 0 Å². The second-order valence-electron chi connectivity index (χ2n) is 5.52. The maximum Gasteiger partial charge on any atom is 0.0349 e. The van der Waals surface area contributed by atoms with E-state index >= 15 is 0 Å². The van der Waals surface area contributed by atoms with Gasteiger partial charge in [-0.1, -0.05) is 60.7 Å². The Morgan fingerprint density at radius 1 is 0.545 bits per heavy atom. The Morgan fingerprint density at radius 2 is 0.909 bits per heavy atom. The molecule has 0 spiro atoms. The van der Waals surface area contributed by atoms with Gasteiger partial charge in [-0.05, 0) is 35.7 Å². The molecule has 22 heavy (non-hydrogen) atoms. The molecular weight excluding hydrogens is 268 g/mol. The Bertz CT molecular complexity index is 551. The van der Waals surface area contributed by atoms with Crippen molar-refractivity contribution in [3.05, 3.63) is 84.2 Å². The van der Waals surface area contributed by atoms with Gasteiger partial charge in [-0.2, -0.15) is 0 Å². The van der Waals surface area contributed by atoms with Gasteiger partial charge in [0, 0.05) is 26.2 Å². The van der Waals surface area contributed by atoms with E-state index in [2.05, 4.69) is 95.0 Å². The van der Waals surface area contributed by atoms with Crippen molar-refractivity contribution >= 4 is 12.2 Å². The van der Waals surface area contributed by atoms with Crippen LogP contribution >= 0.6 is 0 Å². The minimum Gasteiger partial charge on any atom is -0.374 e. The number of hydrogen-bond acceptors (Lipinski definition) is 2. The number of piperazine rings is 1. The molecule has 1 saturated heterocycles. The fourth-order valence-corrected chi connectivity index (χ4v) is 2.55. The van der Waals surface area contributed by atoms with Crippen molar-refractivity contribution < 1.29 is 0 Å². The standard InChI is InChI=1S/C20H22N2/c1-3-7-19(8-4-1)11-13-21-15-17-22(18-16-21)14-12-20-9-5-2-6-10-20/h1-14H,15-18H2. The predicted molar refractivity (Wildman–Crippen MR) is 94.1 cm³/mol. The first-order chi connectivity index (χ1) is 10.9. The fourth-order valence-electron chi connectivity index (χ4n) is 2.55. The highest BCUT2D eigenvalue weighted by molar-refractivity contribution is 5.49. The summed E-state index contributed by atoms with van der Waals surface area (Å²) in [6, 6.07) is 20.9. The van der Waals surface area contributed by atoms with E-state index in [0.717, 1.165) is 26.2 Å². The first-order valence-electron chi connectivity index (χ1n) is 7.85. The third-order valence-electron chi connectivity index (χ3n) is 3.90. The number of hydrogen-bond donors (Lipinski definition) is 0. The Labute approximate surface area is 133 Å². The summed E-state index contributed by atoms with van der Waals surface area (Å²) in [7, 11) is 0. The summed E-state index contributed by atoms with van der Waals surface area (Å²) in [5.41, 5.74) is 2.52. The molecule has 112 valence electrons. The third kappa shape index (κ3) is 4.26. The smallest absolute Gasteiger partial charge is 0.0349 e. The molecule has 0 N–H and O–H groups in total. The lowest BCUT2D eigenvalue weighted by atomic mass is 10.2. The van der Waals surface area contributed by atoms with Gasteiger partial charge < -0.3 is 9.80 Å². The Hall–Kier alpha value is -2.48. The van der Waals surface area contributed by atoms with Gasteiger partial charge in [0.1, 0.15) is 0 Å². The molecule has 0 atom stereocenters. The topological polar surface area (TPSA) is 6.48 Å². The Kier molecular flexibility index (Phi) is 4.93. The van der Waals surface area contributed by atoms with Gasteiger partial charge in [0.15, 0.2) is 0 Å². The molecule has 1 aliphatic rings. The van der Waals surface area contributed by atoms with Crippen LogP contribution < -0.4 is 0 Å². The van der Waals surface area contributed by atoms with E-state index in [1.165, 1.54) is 11.1 Å². The Balaban J connectivity index is 1.48. The summed E-state index contributed by atoms with van der Waals surface area (Å²) in [6.45, 7) is 4.29. The summed E-state index contributed by atoms with van der Waals surface area (Å²) in [5, 5.41) is 0. The van der Waals surface area contributed by atoms with Crippen LogP contribution in [0.5, 0.6) is 0 Å². The predicted octanol–water partition coefficient (Wildman–Crippen LogP) is 3.95. The highest BCUT2D eigenvalue weighted by Gasteiger charge is 2.10. The summed E-state index contributed by atoms with van der Waals surface area (Å²) >= 11 is 0. The van der Waals surface area contributed by atoms with E-state index in [4.69, 9.17) is 0 Å². The molecule has 2 heteroatoms. The zero-order valence-corrected chi connectivity index (χ0v) is 12.8. The van der Waals surface area contributed by atoms with Crippen molar-refractivity contribution in [3.63, 3.8) is 0 Å². The minimum atomic E-state index is 1.07. The SMILES string of the molecule is C(=CN1CCN(C=Cc2ccccc2)CC1)c1ccccc1. The second kappa shape index (κ2) is 7.51. The van der Waals surface area contributed by atoms with E-state index in [9.17, 15) is 0 Å². The van der Waals surface area contributed by atoms with E-state index in [0.29, 0.717) is 0 Å². The first-order valence-corrected chi connectivity index (χ1v) is 7.85. The minimum absolute atomic E-state index is 1.07. The number of rotatable bonds is 4. The van der Waals surface area contributed by atoms with Crippen molar-refractivity contribution in [1.29, 1.82) is 0 Å². The summed E-state index contributed by atoms with van der Waals surface area (Å²) < 4.78 is 0. The summed E-state index contributed by atoms with van der Waals surface area (Å²) in [4.78, 5) is 4.78. The molecule has 2 aromatic carbocycles. The molecule has 0 unspecified atom stereocenters. The van der Waals surface area contributed by atoms with Gasteiger partial charge in [0.25, 0.3) is 0 Å². The summed E-state index contributed by atoms with van der Waals surface area (Å²) in [6.07, 6.45) is 8.81. The zero-order valence-electron chi connectivity index (χ0n) is 12.8. The highest BCUT2D eigenvalue weighted by atomic mass is 15.2. The third-order valence-corrected chi connectivity index (χ3v) is 3.90. The Morgan fingerprint density at radius 3 is 1.27 bits per heavy atom. The normalized spacial score (nSPS) is 15.8. The maximum absolute atomic E-state index is 2.39. The van der Waals surface area contributed by atoms with Crippen LogP contribution in [0.15, 0.2) is 73.1 Å². The molecule has 0 amide bonds. The van der Waals surface area contributed by atoms with E-state index < -0.39 is 0 Å².